The van der Waals surface area contributed by atoms with E-state index < -0.39 is 17.8 Å². The van der Waals surface area contributed by atoms with E-state index in [9.17, 15) is 18.3 Å². The number of benzene rings is 1. The first-order valence-corrected chi connectivity index (χ1v) is 5.51. The first kappa shape index (κ1) is 13.3. The molecule has 0 bridgehead atoms. The Balaban J connectivity index is 1.98. The Labute approximate surface area is 102 Å². The van der Waals surface area contributed by atoms with Crippen LogP contribution in [0, 0.1) is 0 Å². The van der Waals surface area contributed by atoms with Crippen LogP contribution >= 0.6 is 0 Å². The van der Waals surface area contributed by atoms with E-state index in [1.54, 1.807) is 0 Å². The lowest BCUT2D eigenvalue weighted by atomic mass is 10.1. The monoisotopic (exact) mass is 262 g/mol. The van der Waals surface area contributed by atoms with Gasteiger partial charge in [-0.25, -0.2) is 0 Å². The number of aliphatic hydroxyl groups excluding tert-OH is 1. The van der Waals surface area contributed by atoms with Crippen LogP contribution in [0.2, 0.25) is 0 Å². The third-order valence-electron chi connectivity index (χ3n) is 2.70. The molecule has 1 N–H and O–H groups in total. The number of halogens is 3. The third-order valence-corrected chi connectivity index (χ3v) is 2.70. The number of hydrogen-bond acceptors (Lipinski definition) is 3. The molecule has 1 saturated heterocycles. The Morgan fingerprint density at radius 1 is 1.39 bits per heavy atom. The van der Waals surface area contributed by atoms with E-state index in [-0.39, 0.29) is 18.3 Å². The molecule has 1 unspecified atom stereocenters. The first-order chi connectivity index (χ1) is 8.47. The normalized spacial score (nSPS) is 18.4. The lowest BCUT2D eigenvalue weighted by Crippen LogP contribution is -2.37. The van der Waals surface area contributed by atoms with Crippen LogP contribution in [-0.4, -0.2) is 31.0 Å². The van der Waals surface area contributed by atoms with Crippen molar-refractivity contribution in [3.63, 3.8) is 0 Å². The van der Waals surface area contributed by atoms with E-state index in [4.69, 9.17) is 9.47 Å². The molecule has 1 aliphatic heterocycles. The van der Waals surface area contributed by atoms with Gasteiger partial charge in [0.2, 0.25) is 0 Å². The van der Waals surface area contributed by atoms with Gasteiger partial charge in [-0.2, -0.15) is 13.2 Å². The van der Waals surface area contributed by atoms with Crippen LogP contribution in [0.1, 0.15) is 17.2 Å². The van der Waals surface area contributed by atoms with Gasteiger partial charge in [0, 0.05) is 0 Å². The maximum Gasteiger partial charge on any atom is 0.416 e. The Bertz CT molecular complexity index is 402. The number of hydrogen-bond donors (Lipinski definition) is 1. The zero-order chi connectivity index (χ0) is 13.2. The highest BCUT2D eigenvalue weighted by atomic mass is 19.4. The molecule has 1 fully saturated rings. The van der Waals surface area contributed by atoms with Crippen LogP contribution in [0.25, 0.3) is 0 Å². The molecule has 6 heteroatoms. The highest BCUT2D eigenvalue weighted by Crippen LogP contribution is 2.30. The van der Waals surface area contributed by atoms with Gasteiger partial charge in [-0.3, -0.25) is 0 Å². The van der Waals surface area contributed by atoms with Crippen LogP contribution in [0.15, 0.2) is 24.3 Å². The van der Waals surface area contributed by atoms with Gasteiger partial charge < -0.3 is 14.6 Å². The summed E-state index contributed by atoms with van der Waals surface area (Å²) in [7, 11) is 0. The van der Waals surface area contributed by atoms with Gasteiger partial charge in [0.15, 0.2) is 0 Å². The second-order valence-corrected chi connectivity index (χ2v) is 4.13. The fraction of sp³-hybridized carbons (Fsp3) is 0.500. The zero-order valence-corrected chi connectivity index (χ0v) is 9.48. The van der Waals surface area contributed by atoms with Crippen molar-refractivity contribution in [2.45, 2.75) is 18.4 Å². The number of ether oxygens (including phenoxy) is 2. The number of aliphatic hydroxyl groups is 1. The Hall–Kier alpha value is -1.11. The quantitative estimate of drug-likeness (QED) is 0.903. The smallest absolute Gasteiger partial charge is 0.386 e. The summed E-state index contributed by atoms with van der Waals surface area (Å²) < 4.78 is 47.6. The van der Waals surface area contributed by atoms with Crippen LogP contribution in [0.5, 0.6) is 0 Å². The van der Waals surface area contributed by atoms with Gasteiger partial charge >= 0.3 is 6.18 Å². The predicted molar refractivity (Wildman–Crippen MR) is 57.0 cm³/mol. The summed E-state index contributed by atoms with van der Waals surface area (Å²) in [5.41, 5.74) is -0.573. The van der Waals surface area contributed by atoms with E-state index >= 15 is 0 Å². The maximum atomic E-state index is 12.5. The molecule has 0 radical (unpaired) electrons. The van der Waals surface area contributed by atoms with E-state index in [0.717, 1.165) is 12.1 Å². The van der Waals surface area contributed by atoms with Crippen LogP contribution < -0.4 is 0 Å². The Kier molecular flexibility index (Phi) is 3.89. The molecule has 1 aromatic carbocycles. The minimum atomic E-state index is -4.40. The van der Waals surface area contributed by atoms with Gasteiger partial charge in [-0.05, 0) is 17.7 Å². The average molecular weight is 262 g/mol. The fourth-order valence-corrected chi connectivity index (χ4v) is 1.56. The Morgan fingerprint density at radius 3 is 2.67 bits per heavy atom. The molecule has 3 nitrogen and oxygen atoms in total. The second kappa shape index (κ2) is 5.26. The number of rotatable bonds is 4. The molecule has 18 heavy (non-hydrogen) atoms. The molecule has 1 heterocycles. The average Bonchev–Trinajstić information content (AvgIpc) is 2.26. The van der Waals surface area contributed by atoms with Gasteiger partial charge in [0.25, 0.3) is 0 Å². The topological polar surface area (TPSA) is 38.7 Å². The largest absolute Gasteiger partial charge is 0.416 e. The molecule has 0 aromatic heterocycles. The molecular formula is C12H13F3O3. The SMILES string of the molecule is OC(COC1COC1)c1cccc(C(F)(F)F)c1. The zero-order valence-electron chi connectivity index (χ0n) is 9.48. The fourth-order valence-electron chi connectivity index (χ4n) is 1.56. The van der Waals surface area contributed by atoms with Crippen molar-refractivity contribution in [1.29, 1.82) is 0 Å². The maximum absolute atomic E-state index is 12.5. The molecule has 1 aromatic rings. The summed E-state index contributed by atoms with van der Waals surface area (Å²) in [6.45, 7) is 0.903. The Morgan fingerprint density at radius 2 is 2.11 bits per heavy atom. The van der Waals surface area contributed by atoms with Gasteiger partial charge in [0.1, 0.15) is 12.2 Å². The lowest BCUT2D eigenvalue weighted by molar-refractivity contribution is -0.144. The van der Waals surface area contributed by atoms with Gasteiger partial charge in [0.05, 0.1) is 25.4 Å². The highest BCUT2D eigenvalue weighted by molar-refractivity contribution is 5.27. The number of alkyl halides is 3. The summed E-state index contributed by atoms with van der Waals surface area (Å²) in [6.07, 6.45) is -5.53. The summed E-state index contributed by atoms with van der Waals surface area (Å²) in [5.74, 6) is 0. The van der Waals surface area contributed by atoms with Crippen LogP contribution in [0.3, 0.4) is 0 Å². The molecule has 2 rings (SSSR count). The molecular weight excluding hydrogens is 249 g/mol. The lowest BCUT2D eigenvalue weighted by Gasteiger charge is -2.27. The minimum absolute atomic E-state index is 0.0324. The van der Waals surface area contributed by atoms with E-state index in [1.165, 1.54) is 12.1 Å². The van der Waals surface area contributed by atoms with Gasteiger partial charge in [-0.15, -0.1) is 0 Å². The molecule has 0 aliphatic carbocycles. The summed E-state index contributed by atoms with van der Waals surface area (Å²) in [4.78, 5) is 0. The molecule has 0 saturated carbocycles. The van der Waals surface area contributed by atoms with E-state index in [0.29, 0.717) is 13.2 Å². The van der Waals surface area contributed by atoms with Crippen molar-refractivity contribution < 1.29 is 27.8 Å². The molecule has 1 aliphatic rings. The van der Waals surface area contributed by atoms with Crippen molar-refractivity contribution in [2.75, 3.05) is 19.8 Å². The summed E-state index contributed by atoms with van der Waals surface area (Å²) >= 11 is 0. The van der Waals surface area contributed by atoms with Crippen molar-refractivity contribution in [1.82, 2.24) is 0 Å². The van der Waals surface area contributed by atoms with E-state index in [2.05, 4.69) is 0 Å². The second-order valence-electron chi connectivity index (χ2n) is 4.13. The van der Waals surface area contributed by atoms with Gasteiger partial charge in [-0.1, -0.05) is 12.1 Å². The molecule has 0 spiro atoms. The van der Waals surface area contributed by atoms with Crippen LogP contribution in [0.4, 0.5) is 13.2 Å². The summed E-state index contributed by atoms with van der Waals surface area (Å²) in [6, 6.07) is 4.62. The van der Waals surface area contributed by atoms with Crippen molar-refractivity contribution in [3.8, 4) is 0 Å². The van der Waals surface area contributed by atoms with Crippen molar-refractivity contribution in [2.24, 2.45) is 0 Å². The first-order valence-electron chi connectivity index (χ1n) is 5.51. The molecule has 1 atom stereocenters. The highest BCUT2D eigenvalue weighted by Gasteiger charge is 2.31. The molecule has 100 valence electrons. The van der Waals surface area contributed by atoms with Crippen molar-refractivity contribution >= 4 is 0 Å². The third kappa shape index (κ3) is 3.22. The minimum Gasteiger partial charge on any atom is -0.386 e. The van der Waals surface area contributed by atoms with E-state index in [1.807, 2.05) is 0 Å². The van der Waals surface area contributed by atoms with Crippen LogP contribution in [-0.2, 0) is 15.7 Å². The predicted octanol–water partition coefficient (Wildman–Crippen LogP) is 2.15. The van der Waals surface area contributed by atoms with Crippen molar-refractivity contribution in [3.05, 3.63) is 35.4 Å². The summed E-state index contributed by atoms with van der Waals surface area (Å²) in [5, 5.41) is 9.75. The standard InChI is InChI=1S/C12H13F3O3/c13-12(14,15)9-3-1-2-8(4-9)11(16)7-18-10-5-17-6-10/h1-4,10-11,16H,5-7H2. The molecule has 0 amide bonds.